The molecule has 0 bridgehead atoms. The third kappa shape index (κ3) is 5.92. The summed E-state index contributed by atoms with van der Waals surface area (Å²) in [5, 5.41) is 5.69. The average molecular weight is 432 g/mol. The van der Waals surface area contributed by atoms with E-state index in [1.807, 2.05) is 24.3 Å². The Bertz CT molecular complexity index is 1020. The van der Waals surface area contributed by atoms with Crippen LogP contribution in [0.25, 0.3) is 0 Å². The van der Waals surface area contributed by atoms with Crippen LogP contribution in [0.1, 0.15) is 46.2 Å². The minimum absolute atomic E-state index is 0.167. The fourth-order valence-corrected chi connectivity index (χ4v) is 3.36. The van der Waals surface area contributed by atoms with Crippen molar-refractivity contribution in [3.63, 3.8) is 0 Å². The number of hydrogen-bond acceptors (Lipinski definition) is 5. The summed E-state index contributed by atoms with van der Waals surface area (Å²) in [4.78, 5) is 31.0. The molecule has 32 heavy (non-hydrogen) atoms. The van der Waals surface area contributed by atoms with Gasteiger partial charge < -0.3 is 21.3 Å². The lowest BCUT2D eigenvalue weighted by molar-refractivity contribution is 0.0950. The van der Waals surface area contributed by atoms with E-state index in [0.29, 0.717) is 23.4 Å². The van der Waals surface area contributed by atoms with Gasteiger partial charge in [-0.25, -0.2) is 0 Å². The molecule has 0 aliphatic carbocycles. The number of pyridine rings is 1. The number of rotatable bonds is 9. The highest BCUT2D eigenvalue weighted by atomic mass is 16.2. The highest BCUT2D eigenvalue weighted by Crippen LogP contribution is 2.16. The van der Waals surface area contributed by atoms with Gasteiger partial charge in [0.25, 0.3) is 11.8 Å². The Labute approximate surface area is 188 Å². The van der Waals surface area contributed by atoms with Gasteiger partial charge in [0.2, 0.25) is 0 Å². The van der Waals surface area contributed by atoms with Gasteiger partial charge in [-0.05, 0) is 67.9 Å². The molecule has 2 amide bonds. The molecule has 166 valence electrons. The number of aromatic nitrogens is 1. The lowest BCUT2D eigenvalue weighted by Crippen LogP contribution is -2.32. The van der Waals surface area contributed by atoms with Crippen molar-refractivity contribution in [2.24, 2.45) is 5.73 Å². The van der Waals surface area contributed by atoms with Crippen LogP contribution < -0.4 is 21.3 Å². The molecule has 7 nitrogen and oxygen atoms in total. The molecule has 1 heterocycles. The molecule has 0 saturated carbocycles. The van der Waals surface area contributed by atoms with Gasteiger partial charge in [0.15, 0.2) is 0 Å². The molecule has 0 saturated heterocycles. The number of amides is 2. The van der Waals surface area contributed by atoms with E-state index in [1.54, 1.807) is 48.8 Å². The molecule has 1 aromatic heterocycles. The van der Waals surface area contributed by atoms with Crippen molar-refractivity contribution >= 4 is 23.2 Å². The van der Waals surface area contributed by atoms with Crippen LogP contribution in [0.5, 0.6) is 0 Å². The molecule has 1 unspecified atom stereocenters. The fourth-order valence-electron chi connectivity index (χ4n) is 3.36. The molecule has 0 aliphatic heterocycles. The number of carbonyl (C=O) groups excluding carboxylic acids is 2. The summed E-state index contributed by atoms with van der Waals surface area (Å²) in [6.07, 6.45) is 3.23. The number of nitrogens with one attached hydrogen (secondary N) is 2. The first-order valence-corrected chi connectivity index (χ1v) is 10.7. The summed E-state index contributed by atoms with van der Waals surface area (Å²) in [6, 6.07) is 17.7. The smallest absolute Gasteiger partial charge is 0.255 e. The van der Waals surface area contributed by atoms with Gasteiger partial charge in [-0.3, -0.25) is 14.6 Å². The van der Waals surface area contributed by atoms with Crippen LogP contribution >= 0.6 is 0 Å². The third-order valence-electron chi connectivity index (χ3n) is 5.28. The monoisotopic (exact) mass is 431 g/mol. The molecule has 0 aliphatic rings. The maximum atomic E-state index is 12.5. The summed E-state index contributed by atoms with van der Waals surface area (Å²) >= 11 is 0. The van der Waals surface area contributed by atoms with E-state index in [4.69, 9.17) is 5.73 Å². The number of carbonyl (C=O) groups is 2. The van der Waals surface area contributed by atoms with Crippen LogP contribution in [0, 0.1) is 0 Å². The predicted molar refractivity (Wildman–Crippen MR) is 128 cm³/mol. The Kier molecular flexibility index (Phi) is 7.94. The Morgan fingerprint density at radius 3 is 2.03 bits per heavy atom. The first kappa shape index (κ1) is 23.0. The summed E-state index contributed by atoms with van der Waals surface area (Å²) in [5.41, 5.74) is 9.97. The highest BCUT2D eigenvalue weighted by Gasteiger charge is 2.12. The lowest BCUT2D eigenvalue weighted by atomic mass is 10.0. The standard InChI is InChI=1S/C25H29N5O2/c1-3-30(4-2)22-11-9-19(10-12-22)24(31)28-17-23(26)18-5-7-20(8-6-18)25(32)29-21-13-15-27-16-14-21/h5-16,23H,3-4,17,26H2,1-2H3,(H,28,31)(H,27,29,32). The lowest BCUT2D eigenvalue weighted by Gasteiger charge is -2.21. The first-order chi connectivity index (χ1) is 15.5. The van der Waals surface area contributed by atoms with Gasteiger partial charge in [0.1, 0.15) is 0 Å². The van der Waals surface area contributed by atoms with Crippen molar-refractivity contribution in [2.45, 2.75) is 19.9 Å². The molecule has 0 fully saturated rings. The predicted octanol–water partition coefficient (Wildman–Crippen LogP) is 3.61. The first-order valence-electron chi connectivity index (χ1n) is 10.7. The SMILES string of the molecule is CCN(CC)c1ccc(C(=O)NCC(N)c2ccc(C(=O)Nc3ccncc3)cc2)cc1. The molecule has 1 atom stereocenters. The van der Waals surface area contributed by atoms with Crippen LogP contribution in [0.4, 0.5) is 11.4 Å². The zero-order valence-electron chi connectivity index (χ0n) is 18.4. The van der Waals surface area contributed by atoms with E-state index >= 15 is 0 Å². The topological polar surface area (TPSA) is 100 Å². The fraction of sp³-hybridized carbons (Fsp3) is 0.240. The number of benzene rings is 2. The Balaban J connectivity index is 1.53. The summed E-state index contributed by atoms with van der Waals surface area (Å²) < 4.78 is 0. The summed E-state index contributed by atoms with van der Waals surface area (Å²) in [6.45, 7) is 6.33. The van der Waals surface area contributed by atoms with Crippen molar-refractivity contribution in [3.05, 3.63) is 89.7 Å². The van der Waals surface area contributed by atoms with Crippen LogP contribution in [0.3, 0.4) is 0 Å². The molecule has 2 aromatic carbocycles. The van der Waals surface area contributed by atoms with E-state index in [-0.39, 0.29) is 17.9 Å². The zero-order valence-corrected chi connectivity index (χ0v) is 18.4. The molecule has 4 N–H and O–H groups in total. The number of anilines is 2. The minimum Gasteiger partial charge on any atom is -0.372 e. The van der Waals surface area contributed by atoms with Crippen LogP contribution in [0.15, 0.2) is 73.1 Å². The third-order valence-corrected chi connectivity index (χ3v) is 5.28. The van der Waals surface area contributed by atoms with E-state index in [0.717, 1.165) is 24.3 Å². The average Bonchev–Trinajstić information content (AvgIpc) is 2.84. The Morgan fingerprint density at radius 2 is 1.44 bits per heavy atom. The molecule has 0 radical (unpaired) electrons. The summed E-state index contributed by atoms with van der Waals surface area (Å²) in [5.74, 6) is -0.377. The summed E-state index contributed by atoms with van der Waals surface area (Å²) in [7, 11) is 0. The maximum Gasteiger partial charge on any atom is 0.255 e. The van der Waals surface area contributed by atoms with Gasteiger partial charge in [-0.1, -0.05) is 12.1 Å². The van der Waals surface area contributed by atoms with Crippen molar-refractivity contribution < 1.29 is 9.59 Å². The second-order valence-electron chi connectivity index (χ2n) is 7.35. The van der Waals surface area contributed by atoms with Crippen molar-refractivity contribution in [2.75, 3.05) is 29.9 Å². The molecule has 3 aromatic rings. The maximum absolute atomic E-state index is 12.5. The molecule has 3 rings (SSSR count). The quantitative estimate of drug-likeness (QED) is 0.481. The van der Waals surface area contributed by atoms with E-state index < -0.39 is 0 Å². The van der Waals surface area contributed by atoms with Gasteiger partial charge in [0.05, 0.1) is 0 Å². The van der Waals surface area contributed by atoms with E-state index in [1.165, 1.54) is 0 Å². The normalized spacial score (nSPS) is 11.5. The van der Waals surface area contributed by atoms with Crippen LogP contribution in [-0.4, -0.2) is 36.4 Å². The second kappa shape index (κ2) is 11.1. The van der Waals surface area contributed by atoms with Gasteiger partial charge in [-0.15, -0.1) is 0 Å². The number of nitrogens with two attached hydrogens (primary N) is 1. The molecular weight excluding hydrogens is 402 g/mol. The molecule has 7 heteroatoms. The largest absolute Gasteiger partial charge is 0.372 e. The van der Waals surface area contributed by atoms with Crippen LogP contribution in [-0.2, 0) is 0 Å². The van der Waals surface area contributed by atoms with Crippen LogP contribution in [0.2, 0.25) is 0 Å². The van der Waals surface area contributed by atoms with Gasteiger partial charge in [-0.2, -0.15) is 0 Å². The van der Waals surface area contributed by atoms with Crippen molar-refractivity contribution in [1.82, 2.24) is 10.3 Å². The molecular formula is C25H29N5O2. The zero-order chi connectivity index (χ0) is 22.9. The van der Waals surface area contributed by atoms with Crippen molar-refractivity contribution in [1.29, 1.82) is 0 Å². The van der Waals surface area contributed by atoms with Crippen molar-refractivity contribution in [3.8, 4) is 0 Å². The highest BCUT2D eigenvalue weighted by molar-refractivity contribution is 6.04. The molecule has 0 spiro atoms. The van der Waals surface area contributed by atoms with E-state index in [9.17, 15) is 9.59 Å². The van der Waals surface area contributed by atoms with Gasteiger partial charge in [0, 0.05) is 60.6 Å². The minimum atomic E-state index is -0.383. The Hall–Kier alpha value is -3.71. The number of hydrogen-bond donors (Lipinski definition) is 3. The Morgan fingerprint density at radius 1 is 0.875 bits per heavy atom. The van der Waals surface area contributed by atoms with E-state index in [2.05, 4.69) is 34.4 Å². The number of nitrogens with zero attached hydrogens (tertiary/aromatic N) is 2. The van der Waals surface area contributed by atoms with Gasteiger partial charge >= 0.3 is 0 Å². The second-order valence-corrected chi connectivity index (χ2v) is 7.35.